The van der Waals surface area contributed by atoms with Gasteiger partial charge in [-0.15, -0.1) is 0 Å². The summed E-state index contributed by atoms with van der Waals surface area (Å²) < 4.78 is 16.3. The Balaban J connectivity index is 1.49. The number of nitrogens with zero attached hydrogens (tertiary/aromatic N) is 2. The Hall–Kier alpha value is -2.96. The summed E-state index contributed by atoms with van der Waals surface area (Å²) in [5.41, 5.74) is 2.14. The number of aliphatic imine (C=N–C) groups is 1. The van der Waals surface area contributed by atoms with Crippen LogP contribution in [0, 0.1) is 0 Å². The number of hydrogen-bond acceptors (Lipinski definition) is 5. The molecule has 2 N–H and O–H groups in total. The van der Waals surface area contributed by atoms with E-state index in [-0.39, 0.29) is 12.9 Å². The lowest BCUT2D eigenvalue weighted by atomic mass is 10.2. The Bertz CT molecular complexity index is 760. The number of benzene rings is 1. The molecule has 7 heteroatoms. The number of rotatable bonds is 6. The number of fused-ring (bicyclic) bond motifs is 1. The number of hydrogen-bond donors (Lipinski definition) is 2. The quantitative estimate of drug-likeness (QED) is 0.612. The van der Waals surface area contributed by atoms with Crippen LogP contribution in [0.25, 0.3) is 0 Å². The lowest BCUT2D eigenvalue weighted by molar-refractivity contribution is 0.174. The summed E-state index contributed by atoms with van der Waals surface area (Å²) in [7, 11) is 1.74. The molecule has 0 spiro atoms. The topological polar surface area (TPSA) is 77.0 Å². The van der Waals surface area contributed by atoms with Gasteiger partial charge in [-0.25, -0.2) is 4.98 Å². The van der Waals surface area contributed by atoms with E-state index in [0.29, 0.717) is 24.9 Å². The van der Waals surface area contributed by atoms with Crippen LogP contribution in [0.3, 0.4) is 0 Å². The number of aromatic nitrogens is 1. The molecule has 1 aliphatic rings. The van der Waals surface area contributed by atoms with E-state index in [4.69, 9.17) is 14.2 Å². The minimum absolute atomic E-state index is 0.116. The second-order valence-corrected chi connectivity index (χ2v) is 6.14. The van der Waals surface area contributed by atoms with E-state index >= 15 is 0 Å². The minimum Gasteiger partial charge on any atom is -0.475 e. The Morgan fingerprint density at radius 1 is 1.12 bits per heavy atom. The van der Waals surface area contributed by atoms with Crippen LogP contribution < -0.4 is 24.8 Å². The van der Waals surface area contributed by atoms with Crippen LogP contribution in [0.15, 0.2) is 41.5 Å². The first-order valence-electron chi connectivity index (χ1n) is 8.58. The van der Waals surface area contributed by atoms with Gasteiger partial charge in [-0.05, 0) is 37.1 Å². The standard InChI is InChI=1S/C19H24N4O3/c1-13(2)26-18-7-5-15(10-21-18)11-23-19(20-3)22-9-14-4-6-16-17(8-14)25-12-24-16/h4-8,10,13H,9,11-12H2,1-3H3,(H2,20,22,23). The van der Waals surface area contributed by atoms with Gasteiger partial charge >= 0.3 is 0 Å². The zero-order valence-corrected chi connectivity index (χ0v) is 15.3. The normalized spacial score (nSPS) is 13.0. The average Bonchev–Trinajstić information content (AvgIpc) is 3.10. The van der Waals surface area contributed by atoms with Crippen molar-refractivity contribution in [3.8, 4) is 17.4 Å². The van der Waals surface area contributed by atoms with E-state index in [9.17, 15) is 0 Å². The molecule has 26 heavy (non-hydrogen) atoms. The lowest BCUT2D eigenvalue weighted by Crippen LogP contribution is -2.36. The van der Waals surface area contributed by atoms with E-state index in [2.05, 4.69) is 20.6 Å². The smallest absolute Gasteiger partial charge is 0.231 e. The third kappa shape index (κ3) is 4.78. The first kappa shape index (κ1) is 17.8. The van der Waals surface area contributed by atoms with Crippen LogP contribution in [0.1, 0.15) is 25.0 Å². The molecule has 2 aromatic rings. The van der Waals surface area contributed by atoms with Crippen LogP contribution in [0.5, 0.6) is 17.4 Å². The third-order valence-electron chi connectivity index (χ3n) is 3.73. The van der Waals surface area contributed by atoms with Crippen molar-refractivity contribution in [1.29, 1.82) is 0 Å². The zero-order chi connectivity index (χ0) is 18.4. The lowest BCUT2D eigenvalue weighted by Gasteiger charge is -2.13. The molecule has 7 nitrogen and oxygen atoms in total. The van der Waals surface area contributed by atoms with Gasteiger partial charge in [0.25, 0.3) is 0 Å². The molecule has 0 radical (unpaired) electrons. The van der Waals surface area contributed by atoms with Crippen molar-refractivity contribution < 1.29 is 14.2 Å². The van der Waals surface area contributed by atoms with Crippen molar-refractivity contribution in [1.82, 2.24) is 15.6 Å². The summed E-state index contributed by atoms with van der Waals surface area (Å²) in [4.78, 5) is 8.54. The molecule has 0 unspecified atom stereocenters. The molecule has 0 fully saturated rings. The summed E-state index contributed by atoms with van der Waals surface area (Å²) >= 11 is 0. The van der Waals surface area contributed by atoms with Crippen molar-refractivity contribution in [2.45, 2.75) is 33.0 Å². The molecule has 0 amide bonds. The predicted octanol–water partition coefficient (Wildman–Crippen LogP) is 2.46. The molecule has 0 aliphatic carbocycles. The highest BCUT2D eigenvalue weighted by Gasteiger charge is 2.13. The number of pyridine rings is 1. The Morgan fingerprint density at radius 3 is 2.54 bits per heavy atom. The summed E-state index contributed by atoms with van der Waals surface area (Å²) in [6.07, 6.45) is 1.92. The van der Waals surface area contributed by atoms with Crippen LogP contribution >= 0.6 is 0 Å². The van der Waals surface area contributed by atoms with Gasteiger partial charge in [0.05, 0.1) is 6.10 Å². The van der Waals surface area contributed by atoms with Crippen LogP contribution in [0.4, 0.5) is 0 Å². The van der Waals surface area contributed by atoms with Gasteiger partial charge in [-0.3, -0.25) is 4.99 Å². The Morgan fingerprint density at radius 2 is 1.85 bits per heavy atom. The fraction of sp³-hybridized carbons (Fsp3) is 0.368. The first-order valence-corrected chi connectivity index (χ1v) is 8.58. The molecule has 138 valence electrons. The second kappa shape index (κ2) is 8.42. The van der Waals surface area contributed by atoms with Gasteiger partial charge in [-0.2, -0.15) is 0 Å². The van der Waals surface area contributed by atoms with E-state index in [1.54, 1.807) is 13.2 Å². The Labute approximate surface area is 153 Å². The van der Waals surface area contributed by atoms with Crippen molar-refractivity contribution in [3.05, 3.63) is 47.7 Å². The molecule has 1 aromatic carbocycles. The predicted molar refractivity (Wildman–Crippen MR) is 99.6 cm³/mol. The maximum atomic E-state index is 5.55. The number of nitrogens with one attached hydrogen (secondary N) is 2. The van der Waals surface area contributed by atoms with E-state index < -0.39 is 0 Å². The van der Waals surface area contributed by atoms with Crippen molar-refractivity contribution in [2.24, 2.45) is 4.99 Å². The van der Waals surface area contributed by atoms with Crippen molar-refractivity contribution >= 4 is 5.96 Å². The Kier molecular flexibility index (Phi) is 5.78. The maximum Gasteiger partial charge on any atom is 0.231 e. The molecule has 3 rings (SSSR count). The monoisotopic (exact) mass is 356 g/mol. The molecule has 1 aromatic heterocycles. The molecular weight excluding hydrogens is 332 g/mol. The maximum absolute atomic E-state index is 5.55. The van der Waals surface area contributed by atoms with Crippen LogP contribution in [0.2, 0.25) is 0 Å². The van der Waals surface area contributed by atoms with E-state index in [0.717, 1.165) is 22.6 Å². The van der Waals surface area contributed by atoms with Crippen LogP contribution in [-0.2, 0) is 13.1 Å². The fourth-order valence-corrected chi connectivity index (χ4v) is 2.47. The number of guanidine groups is 1. The van der Waals surface area contributed by atoms with Gasteiger partial charge in [0.15, 0.2) is 17.5 Å². The van der Waals surface area contributed by atoms with E-state index in [1.807, 2.05) is 44.2 Å². The summed E-state index contributed by atoms with van der Waals surface area (Å²) in [5.74, 6) is 2.91. The molecule has 2 heterocycles. The molecule has 0 bridgehead atoms. The summed E-state index contributed by atoms with van der Waals surface area (Å²) in [5, 5.41) is 6.55. The van der Waals surface area contributed by atoms with E-state index in [1.165, 1.54) is 0 Å². The van der Waals surface area contributed by atoms with Gasteiger partial charge in [0, 0.05) is 32.4 Å². The van der Waals surface area contributed by atoms with Crippen molar-refractivity contribution in [3.63, 3.8) is 0 Å². The molecule has 0 atom stereocenters. The molecule has 0 saturated carbocycles. The average molecular weight is 356 g/mol. The molecule has 0 saturated heterocycles. The SMILES string of the molecule is CN=C(NCc1ccc(OC(C)C)nc1)NCc1ccc2c(c1)OCO2. The van der Waals surface area contributed by atoms with Gasteiger partial charge in [0.1, 0.15) is 0 Å². The highest BCUT2D eigenvalue weighted by Crippen LogP contribution is 2.32. The van der Waals surface area contributed by atoms with Gasteiger partial charge in [-0.1, -0.05) is 12.1 Å². The van der Waals surface area contributed by atoms with Crippen LogP contribution in [-0.4, -0.2) is 30.9 Å². The van der Waals surface area contributed by atoms with Gasteiger partial charge < -0.3 is 24.8 Å². The zero-order valence-electron chi connectivity index (χ0n) is 15.3. The summed E-state index contributed by atoms with van der Waals surface area (Å²) in [6, 6.07) is 9.76. The second-order valence-electron chi connectivity index (χ2n) is 6.14. The number of ether oxygens (including phenoxy) is 3. The summed E-state index contributed by atoms with van der Waals surface area (Å²) in [6.45, 7) is 5.50. The highest BCUT2D eigenvalue weighted by atomic mass is 16.7. The van der Waals surface area contributed by atoms with Gasteiger partial charge in [0.2, 0.25) is 12.7 Å². The molecular formula is C19H24N4O3. The van der Waals surface area contributed by atoms with Crippen molar-refractivity contribution in [2.75, 3.05) is 13.8 Å². The minimum atomic E-state index is 0.116. The first-order chi connectivity index (χ1) is 12.6. The fourth-order valence-electron chi connectivity index (χ4n) is 2.47. The highest BCUT2D eigenvalue weighted by molar-refractivity contribution is 5.79. The third-order valence-corrected chi connectivity index (χ3v) is 3.73. The molecule has 1 aliphatic heterocycles. The largest absolute Gasteiger partial charge is 0.475 e.